The van der Waals surface area contributed by atoms with Crippen LogP contribution in [0.4, 0.5) is 0 Å². The summed E-state index contributed by atoms with van der Waals surface area (Å²) in [5.74, 6) is 1.78. The molecule has 0 spiro atoms. The van der Waals surface area contributed by atoms with E-state index in [4.69, 9.17) is 0 Å². The first kappa shape index (κ1) is 11.4. The first-order chi connectivity index (χ1) is 7.20. The fourth-order valence-electron chi connectivity index (χ4n) is 2.51. The first-order valence-electron chi connectivity index (χ1n) is 6.62. The van der Waals surface area contributed by atoms with Crippen molar-refractivity contribution < 1.29 is 0 Å². The van der Waals surface area contributed by atoms with Gasteiger partial charge in [-0.25, -0.2) is 0 Å². The van der Waals surface area contributed by atoms with Crippen LogP contribution in [0.1, 0.15) is 39.5 Å². The van der Waals surface area contributed by atoms with E-state index >= 15 is 0 Å². The van der Waals surface area contributed by atoms with E-state index in [0.717, 1.165) is 23.9 Å². The summed E-state index contributed by atoms with van der Waals surface area (Å²) < 4.78 is 0. The molecule has 88 valence electrons. The van der Waals surface area contributed by atoms with E-state index in [1.54, 1.807) is 0 Å². The number of hydrogen-bond acceptors (Lipinski definition) is 2. The molecule has 0 aliphatic heterocycles. The summed E-state index contributed by atoms with van der Waals surface area (Å²) in [4.78, 5) is 2.73. The van der Waals surface area contributed by atoms with Gasteiger partial charge in [-0.2, -0.15) is 0 Å². The largest absolute Gasteiger partial charge is 0.315 e. The summed E-state index contributed by atoms with van der Waals surface area (Å²) >= 11 is 0. The molecule has 0 radical (unpaired) electrons. The summed E-state index contributed by atoms with van der Waals surface area (Å²) in [6.07, 6.45) is 5.78. The van der Waals surface area contributed by atoms with Crippen LogP contribution in [0.2, 0.25) is 0 Å². The van der Waals surface area contributed by atoms with Gasteiger partial charge in [0.1, 0.15) is 0 Å². The maximum Gasteiger partial charge on any atom is 0.0220 e. The van der Waals surface area contributed by atoms with Crippen molar-refractivity contribution in [2.24, 2.45) is 11.8 Å². The lowest BCUT2D eigenvalue weighted by Gasteiger charge is -2.28. The van der Waals surface area contributed by atoms with Gasteiger partial charge in [0.05, 0.1) is 0 Å². The minimum Gasteiger partial charge on any atom is -0.315 e. The number of nitrogens with zero attached hydrogens (tertiary/aromatic N) is 1. The van der Waals surface area contributed by atoms with Crippen LogP contribution in [-0.4, -0.2) is 37.1 Å². The van der Waals surface area contributed by atoms with Gasteiger partial charge in [0.15, 0.2) is 0 Å². The van der Waals surface area contributed by atoms with Crippen molar-refractivity contribution in [3.05, 3.63) is 0 Å². The van der Waals surface area contributed by atoms with Crippen LogP contribution in [0.3, 0.4) is 0 Å². The predicted octanol–water partition coefficient (Wildman–Crippen LogP) is 2.10. The Hall–Kier alpha value is -0.0800. The number of likely N-dealkylation sites (N-methyl/N-ethyl adjacent to an activating group) is 1. The van der Waals surface area contributed by atoms with Crippen molar-refractivity contribution in [2.45, 2.75) is 51.6 Å². The Morgan fingerprint density at radius 3 is 2.20 bits per heavy atom. The Bertz CT molecular complexity index is 195. The molecule has 0 aromatic heterocycles. The van der Waals surface area contributed by atoms with Gasteiger partial charge in [-0.05, 0) is 44.6 Å². The van der Waals surface area contributed by atoms with Crippen LogP contribution >= 0.6 is 0 Å². The van der Waals surface area contributed by atoms with Crippen LogP contribution in [0.15, 0.2) is 0 Å². The van der Waals surface area contributed by atoms with Gasteiger partial charge in [-0.1, -0.05) is 13.8 Å². The molecular weight excluding hydrogens is 184 g/mol. The molecular formula is C13H26N2. The first-order valence-corrected chi connectivity index (χ1v) is 6.62. The van der Waals surface area contributed by atoms with E-state index in [1.165, 1.54) is 38.8 Å². The molecule has 2 aliphatic rings. The summed E-state index contributed by atoms with van der Waals surface area (Å²) in [5, 5.41) is 3.51. The lowest BCUT2D eigenvalue weighted by molar-refractivity contribution is 0.204. The molecule has 2 saturated carbocycles. The SMILES string of the molecule is CNC(CN(CC(C)C)C1CC1)C1CC1. The summed E-state index contributed by atoms with van der Waals surface area (Å²) in [5.41, 5.74) is 0. The normalized spacial score (nSPS) is 23.8. The number of nitrogens with one attached hydrogen (secondary N) is 1. The molecule has 1 unspecified atom stereocenters. The molecule has 0 aromatic rings. The monoisotopic (exact) mass is 210 g/mol. The highest BCUT2D eigenvalue weighted by Gasteiger charge is 2.35. The van der Waals surface area contributed by atoms with E-state index < -0.39 is 0 Å². The summed E-state index contributed by atoms with van der Waals surface area (Å²) in [7, 11) is 2.13. The molecule has 2 aliphatic carbocycles. The third kappa shape index (κ3) is 3.46. The molecule has 0 aromatic carbocycles. The van der Waals surface area contributed by atoms with Crippen molar-refractivity contribution in [3.8, 4) is 0 Å². The Labute approximate surface area is 94.4 Å². The Kier molecular flexibility index (Phi) is 3.68. The van der Waals surface area contributed by atoms with Crippen LogP contribution < -0.4 is 5.32 Å². The minimum absolute atomic E-state index is 0.754. The lowest BCUT2D eigenvalue weighted by Crippen LogP contribution is -2.43. The fourth-order valence-corrected chi connectivity index (χ4v) is 2.51. The molecule has 2 rings (SSSR count). The van der Waals surface area contributed by atoms with E-state index in [2.05, 4.69) is 31.1 Å². The van der Waals surface area contributed by atoms with Crippen molar-refractivity contribution >= 4 is 0 Å². The topological polar surface area (TPSA) is 15.3 Å². The zero-order valence-electron chi connectivity index (χ0n) is 10.5. The zero-order chi connectivity index (χ0) is 10.8. The molecule has 0 bridgehead atoms. The minimum atomic E-state index is 0.754. The van der Waals surface area contributed by atoms with Crippen molar-refractivity contribution in [1.29, 1.82) is 0 Å². The van der Waals surface area contributed by atoms with Gasteiger partial charge < -0.3 is 5.32 Å². The molecule has 1 atom stereocenters. The quantitative estimate of drug-likeness (QED) is 0.692. The average molecular weight is 210 g/mol. The predicted molar refractivity (Wildman–Crippen MR) is 65.0 cm³/mol. The van der Waals surface area contributed by atoms with E-state index in [-0.39, 0.29) is 0 Å². The van der Waals surface area contributed by atoms with E-state index in [1.807, 2.05) is 0 Å². The van der Waals surface area contributed by atoms with Gasteiger partial charge >= 0.3 is 0 Å². The van der Waals surface area contributed by atoms with Gasteiger partial charge in [-0.3, -0.25) is 4.90 Å². The highest BCUT2D eigenvalue weighted by atomic mass is 15.2. The Balaban J connectivity index is 1.81. The van der Waals surface area contributed by atoms with E-state index in [9.17, 15) is 0 Å². The molecule has 0 heterocycles. The zero-order valence-corrected chi connectivity index (χ0v) is 10.5. The number of hydrogen-bond donors (Lipinski definition) is 1. The van der Waals surface area contributed by atoms with Crippen LogP contribution in [-0.2, 0) is 0 Å². The molecule has 2 fully saturated rings. The van der Waals surface area contributed by atoms with Crippen molar-refractivity contribution in [1.82, 2.24) is 10.2 Å². The maximum atomic E-state index is 3.51. The second-order valence-electron chi connectivity index (χ2n) is 5.81. The third-order valence-electron chi connectivity index (χ3n) is 3.66. The fraction of sp³-hybridized carbons (Fsp3) is 1.00. The molecule has 1 N–H and O–H groups in total. The molecule has 0 saturated heterocycles. The van der Waals surface area contributed by atoms with Crippen molar-refractivity contribution in [2.75, 3.05) is 20.1 Å². The molecule has 2 nitrogen and oxygen atoms in total. The lowest BCUT2D eigenvalue weighted by atomic mass is 10.1. The Morgan fingerprint density at radius 2 is 1.80 bits per heavy atom. The smallest absolute Gasteiger partial charge is 0.0220 e. The van der Waals surface area contributed by atoms with Crippen LogP contribution in [0.25, 0.3) is 0 Å². The second kappa shape index (κ2) is 4.84. The molecule has 0 amide bonds. The third-order valence-corrected chi connectivity index (χ3v) is 3.66. The second-order valence-corrected chi connectivity index (χ2v) is 5.81. The number of rotatable bonds is 7. The van der Waals surface area contributed by atoms with Gasteiger partial charge in [0.2, 0.25) is 0 Å². The van der Waals surface area contributed by atoms with Crippen LogP contribution in [0, 0.1) is 11.8 Å². The molecule has 2 heteroatoms. The van der Waals surface area contributed by atoms with Crippen LogP contribution in [0.5, 0.6) is 0 Å². The van der Waals surface area contributed by atoms with Gasteiger partial charge in [-0.15, -0.1) is 0 Å². The van der Waals surface area contributed by atoms with E-state index in [0.29, 0.717) is 0 Å². The maximum absolute atomic E-state index is 3.51. The highest BCUT2D eigenvalue weighted by Crippen LogP contribution is 2.35. The van der Waals surface area contributed by atoms with Gasteiger partial charge in [0.25, 0.3) is 0 Å². The van der Waals surface area contributed by atoms with Crippen molar-refractivity contribution in [3.63, 3.8) is 0 Å². The summed E-state index contributed by atoms with van der Waals surface area (Å²) in [6.45, 7) is 7.24. The summed E-state index contributed by atoms with van der Waals surface area (Å²) in [6, 6.07) is 1.67. The average Bonchev–Trinajstić information content (AvgIpc) is 3.04. The van der Waals surface area contributed by atoms with Gasteiger partial charge in [0, 0.05) is 25.2 Å². The molecule has 15 heavy (non-hydrogen) atoms. The Morgan fingerprint density at radius 1 is 1.13 bits per heavy atom. The standard InChI is InChI=1S/C13H26N2/c1-10(2)8-15(12-6-7-12)9-13(14-3)11-4-5-11/h10-14H,4-9H2,1-3H3. The highest BCUT2D eigenvalue weighted by molar-refractivity contribution is 4.92.